The predicted molar refractivity (Wildman–Crippen MR) is 102 cm³/mol. The molecule has 0 aromatic carbocycles. The molecule has 27 heavy (non-hydrogen) atoms. The van der Waals surface area contributed by atoms with Gasteiger partial charge in [-0.25, -0.2) is 4.98 Å². The molecule has 1 amide bonds. The highest BCUT2D eigenvalue weighted by atomic mass is 32.1. The third-order valence-electron chi connectivity index (χ3n) is 4.61. The van der Waals surface area contributed by atoms with Crippen molar-refractivity contribution >= 4 is 17.2 Å². The van der Waals surface area contributed by atoms with Crippen molar-refractivity contribution in [3.63, 3.8) is 0 Å². The molecule has 1 aliphatic heterocycles. The fraction of sp³-hybridized carbons (Fsp3) is 0.300. The van der Waals surface area contributed by atoms with Gasteiger partial charge in [-0.15, -0.1) is 11.3 Å². The quantitative estimate of drug-likeness (QED) is 0.708. The number of rotatable bonds is 3. The molecule has 1 N–H and O–H groups in total. The monoisotopic (exact) mass is 381 g/mol. The number of carbonyl (C=O) groups excluding carboxylic acids is 1. The van der Waals surface area contributed by atoms with Crippen LogP contribution in [-0.4, -0.2) is 45.2 Å². The number of thiophene rings is 1. The average molecular weight is 381 g/mol. The van der Waals surface area contributed by atoms with Gasteiger partial charge < -0.3 is 19.0 Å². The fourth-order valence-electron chi connectivity index (χ4n) is 3.38. The number of hydrogen-bond acceptors (Lipinski definition) is 5. The Labute approximate surface area is 161 Å². The first-order valence-corrected chi connectivity index (χ1v) is 9.68. The molecule has 4 heterocycles. The van der Waals surface area contributed by atoms with Gasteiger partial charge in [-0.05, 0) is 31.0 Å². The second-order valence-corrected chi connectivity index (χ2v) is 7.25. The van der Waals surface area contributed by atoms with Crippen LogP contribution in [0.25, 0.3) is 10.7 Å². The summed E-state index contributed by atoms with van der Waals surface area (Å²) >= 11 is 1.58. The van der Waals surface area contributed by atoms with Gasteiger partial charge in [-0.3, -0.25) is 4.79 Å². The first-order chi connectivity index (χ1) is 13.3. The molecule has 0 saturated carbocycles. The van der Waals surface area contributed by atoms with Gasteiger partial charge in [0.15, 0.2) is 5.76 Å². The second-order valence-electron chi connectivity index (χ2n) is 6.34. The van der Waals surface area contributed by atoms with Gasteiger partial charge in [0.2, 0.25) is 0 Å². The largest absolute Gasteiger partial charge is 0.459 e. The number of amides is 1. The molecule has 3 aromatic rings. The van der Waals surface area contributed by atoms with Gasteiger partial charge in [0, 0.05) is 36.4 Å². The van der Waals surface area contributed by atoms with E-state index < -0.39 is 0 Å². The second kappa shape index (κ2) is 7.82. The highest BCUT2D eigenvalue weighted by Gasteiger charge is 2.28. The highest BCUT2D eigenvalue weighted by Crippen LogP contribution is 2.31. The van der Waals surface area contributed by atoms with Crippen molar-refractivity contribution in [1.29, 1.82) is 0 Å². The topological polar surface area (TPSA) is 71.5 Å². The minimum atomic E-state index is -0.151. The van der Waals surface area contributed by atoms with Gasteiger partial charge in [-0.1, -0.05) is 11.8 Å². The Morgan fingerprint density at radius 2 is 2.41 bits per heavy atom. The number of piperidine rings is 1. The van der Waals surface area contributed by atoms with E-state index in [9.17, 15) is 4.79 Å². The molecule has 4 rings (SSSR count). The molecule has 6 nitrogen and oxygen atoms in total. The van der Waals surface area contributed by atoms with Gasteiger partial charge in [0.05, 0.1) is 17.2 Å². The van der Waals surface area contributed by atoms with Crippen LogP contribution in [0.15, 0.2) is 46.7 Å². The molecule has 0 spiro atoms. The number of aromatic nitrogens is 2. The Hall–Kier alpha value is -2.82. The van der Waals surface area contributed by atoms with E-state index in [-0.39, 0.29) is 18.6 Å². The summed E-state index contributed by atoms with van der Waals surface area (Å²) in [5, 5.41) is 10.8. The van der Waals surface area contributed by atoms with Crippen LogP contribution in [0.4, 0.5) is 0 Å². The van der Waals surface area contributed by atoms with Crippen molar-refractivity contribution in [2.75, 3.05) is 19.7 Å². The van der Waals surface area contributed by atoms with E-state index in [1.165, 1.54) is 6.26 Å². The SMILES string of the molecule is O=C(c1ccco1)N1CCC[C@@H](n2ccnc2-c2cc(C#CCO)cs2)C1. The smallest absolute Gasteiger partial charge is 0.289 e. The van der Waals surface area contributed by atoms with Crippen LogP contribution in [0, 0.1) is 11.8 Å². The molecular weight excluding hydrogens is 362 g/mol. The normalized spacial score (nSPS) is 16.8. The van der Waals surface area contributed by atoms with Gasteiger partial charge in [-0.2, -0.15) is 0 Å². The van der Waals surface area contributed by atoms with Gasteiger partial charge >= 0.3 is 0 Å². The zero-order valence-corrected chi connectivity index (χ0v) is 15.5. The number of likely N-dealkylation sites (tertiary alicyclic amines) is 1. The minimum absolute atomic E-state index is 0.0657. The van der Waals surface area contributed by atoms with E-state index in [1.807, 2.05) is 22.5 Å². The Morgan fingerprint density at radius 3 is 3.22 bits per heavy atom. The molecule has 1 aliphatic rings. The number of carbonyl (C=O) groups is 1. The van der Waals surface area contributed by atoms with Gasteiger partial charge in [0.1, 0.15) is 12.4 Å². The van der Waals surface area contributed by atoms with E-state index in [0.29, 0.717) is 12.3 Å². The van der Waals surface area contributed by atoms with E-state index in [4.69, 9.17) is 9.52 Å². The molecule has 1 fully saturated rings. The molecule has 138 valence electrons. The Balaban J connectivity index is 1.55. The summed E-state index contributed by atoms with van der Waals surface area (Å²) in [6.45, 7) is 1.22. The molecule has 0 aliphatic carbocycles. The van der Waals surface area contributed by atoms with Crippen LogP contribution in [0.3, 0.4) is 0 Å². The van der Waals surface area contributed by atoms with Crippen LogP contribution in [-0.2, 0) is 0 Å². The van der Waals surface area contributed by atoms with E-state index >= 15 is 0 Å². The summed E-state index contributed by atoms with van der Waals surface area (Å²) in [6, 6.07) is 5.59. The average Bonchev–Trinajstić information content (AvgIpc) is 3.46. The number of furan rings is 1. The molecule has 1 saturated heterocycles. The van der Waals surface area contributed by atoms with Crippen LogP contribution in [0.2, 0.25) is 0 Å². The number of hydrogen-bond donors (Lipinski definition) is 1. The number of aliphatic hydroxyl groups is 1. The maximum Gasteiger partial charge on any atom is 0.289 e. The van der Waals surface area contributed by atoms with Crippen molar-refractivity contribution in [2.45, 2.75) is 18.9 Å². The molecule has 0 radical (unpaired) electrons. The van der Waals surface area contributed by atoms with E-state index in [1.54, 1.807) is 29.7 Å². The first-order valence-electron chi connectivity index (χ1n) is 8.80. The lowest BCUT2D eigenvalue weighted by Gasteiger charge is -2.33. The zero-order chi connectivity index (χ0) is 18.6. The molecule has 1 atom stereocenters. The Kier molecular flexibility index (Phi) is 5.10. The predicted octanol–water partition coefficient (Wildman–Crippen LogP) is 3.03. The van der Waals surface area contributed by atoms with Crippen LogP contribution >= 0.6 is 11.3 Å². The van der Waals surface area contributed by atoms with Crippen LogP contribution in [0.5, 0.6) is 0 Å². The summed E-state index contributed by atoms with van der Waals surface area (Å²) in [7, 11) is 0. The van der Waals surface area contributed by atoms with Crippen LogP contribution in [0.1, 0.15) is 35.0 Å². The van der Waals surface area contributed by atoms with Crippen LogP contribution < -0.4 is 0 Å². The fourth-order valence-corrected chi connectivity index (χ4v) is 4.22. The highest BCUT2D eigenvalue weighted by molar-refractivity contribution is 7.13. The molecule has 0 bridgehead atoms. The standard InChI is InChI=1S/C20H19N3O3S/c24-10-2-4-15-12-18(27-14-15)19-21-7-9-23(19)16-5-1-8-22(13-16)20(25)17-6-3-11-26-17/h3,6-7,9,11-12,14,16,24H,1,5,8,10,13H2/t16-/m1/s1. The Morgan fingerprint density at radius 1 is 1.48 bits per heavy atom. The van der Waals surface area contributed by atoms with E-state index in [0.717, 1.165) is 35.7 Å². The molecule has 7 heteroatoms. The lowest BCUT2D eigenvalue weighted by Crippen LogP contribution is -2.40. The summed E-state index contributed by atoms with van der Waals surface area (Å²) < 4.78 is 7.41. The van der Waals surface area contributed by atoms with Crippen molar-refractivity contribution in [2.24, 2.45) is 0 Å². The first kappa shape index (κ1) is 17.6. The maximum atomic E-state index is 12.6. The number of aliphatic hydroxyl groups excluding tert-OH is 1. The van der Waals surface area contributed by atoms with Crippen molar-refractivity contribution in [3.05, 3.63) is 53.6 Å². The minimum Gasteiger partial charge on any atom is -0.459 e. The maximum absolute atomic E-state index is 12.6. The zero-order valence-electron chi connectivity index (χ0n) is 14.7. The lowest BCUT2D eigenvalue weighted by molar-refractivity contribution is 0.0648. The number of imidazole rings is 1. The molecule has 3 aromatic heterocycles. The third kappa shape index (κ3) is 3.68. The number of nitrogens with zero attached hydrogens (tertiary/aromatic N) is 3. The van der Waals surface area contributed by atoms with Crippen molar-refractivity contribution in [1.82, 2.24) is 14.5 Å². The van der Waals surface area contributed by atoms with E-state index in [2.05, 4.69) is 21.4 Å². The summed E-state index contributed by atoms with van der Waals surface area (Å²) in [6.07, 6.45) is 7.22. The third-order valence-corrected chi connectivity index (χ3v) is 5.54. The Bertz CT molecular complexity index is 978. The summed E-state index contributed by atoms with van der Waals surface area (Å²) in [4.78, 5) is 20.0. The molecule has 0 unspecified atom stereocenters. The summed E-state index contributed by atoms with van der Waals surface area (Å²) in [5.74, 6) is 6.79. The summed E-state index contributed by atoms with van der Waals surface area (Å²) in [5.41, 5.74) is 0.872. The van der Waals surface area contributed by atoms with Crippen molar-refractivity contribution < 1.29 is 14.3 Å². The lowest BCUT2D eigenvalue weighted by atomic mass is 10.0. The van der Waals surface area contributed by atoms with Crippen molar-refractivity contribution in [3.8, 4) is 22.5 Å². The molecular formula is C20H19N3O3S. The van der Waals surface area contributed by atoms with Gasteiger partial charge in [0.25, 0.3) is 5.91 Å².